The smallest absolute Gasteiger partial charge is 0.338 e. The summed E-state index contributed by atoms with van der Waals surface area (Å²) < 4.78 is 5.15. The summed E-state index contributed by atoms with van der Waals surface area (Å²) in [5.74, 6) is -0.351. The molecule has 1 heterocycles. The zero-order valence-electron chi connectivity index (χ0n) is 15.4. The number of benzene rings is 2. The number of hydrogen-bond donors (Lipinski definition) is 0. The van der Waals surface area contributed by atoms with E-state index in [1.54, 1.807) is 53.4 Å². The van der Waals surface area contributed by atoms with E-state index in [9.17, 15) is 14.4 Å². The van der Waals surface area contributed by atoms with Crippen LogP contribution < -0.4 is 0 Å². The summed E-state index contributed by atoms with van der Waals surface area (Å²) in [6.45, 7) is 3.30. The van der Waals surface area contributed by atoms with Gasteiger partial charge in [-0.2, -0.15) is 0 Å². The van der Waals surface area contributed by atoms with E-state index in [4.69, 9.17) is 4.74 Å². The molecule has 1 saturated heterocycles. The van der Waals surface area contributed by atoms with Gasteiger partial charge in [0.2, 0.25) is 0 Å². The van der Waals surface area contributed by atoms with Crippen molar-refractivity contribution in [3.05, 3.63) is 71.3 Å². The monoisotopic (exact) mass is 365 g/mol. The topological polar surface area (TPSA) is 63.7 Å². The Kier molecular flexibility index (Phi) is 6.01. The highest BCUT2D eigenvalue weighted by Crippen LogP contribution is 2.16. The lowest BCUT2D eigenvalue weighted by atomic mass is 10.0. The molecule has 2 aromatic rings. The first-order valence-corrected chi connectivity index (χ1v) is 9.19. The minimum Gasteiger partial charge on any atom is -0.452 e. The van der Waals surface area contributed by atoms with E-state index in [0.717, 1.165) is 19.4 Å². The molecule has 5 heteroatoms. The number of hydrogen-bond acceptors (Lipinski definition) is 4. The quantitative estimate of drug-likeness (QED) is 0.602. The van der Waals surface area contributed by atoms with Gasteiger partial charge in [0.15, 0.2) is 12.4 Å². The number of amides is 1. The second-order valence-corrected chi connectivity index (χ2v) is 6.94. The number of rotatable bonds is 5. The van der Waals surface area contributed by atoms with Crippen molar-refractivity contribution >= 4 is 17.7 Å². The van der Waals surface area contributed by atoms with Gasteiger partial charge in [-0.1, -0.05) is 49.4 Å². The van der Waals surface area contributed by atoms with E-state index in [0.29, 0.717) is 29.2 Å². The zero-order chi connectivity index (χ0) is 19.2. The van der Waals surface area contributed by atoms with Gasteiger partial charge in [0.25, 0.3) is 5.91 Å². The third kappa shape index (κ3) is 4.82. The molecule has 2 aromatic carbocycles. The van der Waals surface area contributed by atoms with Gasteiger partial charge < -0.3 is 9.64 Å². The van der Waals surface area contributed by atoms with E-state index in [1.165, 1.54) is 0 Å². The highest BCUT2D eigenvalue weighted by molar-refractivity contribution is 6.09. The Balaban J connectivity index is 1.56. The highest BCUT2D eigenvalue weighted by Gasteiger charge is 2.22. The van der Waals surface area contributed by atoms with E-state index < -0.39 is 5.97 Å². The van der Waals surface area contributed by atoms with E-state index >= 15 is 0 Å². The van der Waals surface area contributed by atoms with Crippen LogP contribution in [0.2, 0.25) is 0 Å². The van der Waals surface area contributed by atoms with Crippen molar-refractivity contribution < 1.29 is 19.1 Å². The fraction of sp³-hybridized carbons (Fsp3) is 0.318. The average molecular weight is 365 g/mol. The number of carbonyl (C=O) groups is 3. The molecule has 1 aliphatic rings. The van der Waals surface area contributed by atoms with Gasteiger partial charge >= 0.3 is 5.97 Å². The Hall–Kier alpha value is -2.95. The zero-order valence-corrected chi connectivity index (χ0v) is 15.4. The lowest BCUT2D eigenvalue weighted by molar-refractivity contribution is -0.136. The van der Waals surface area contributed by atoms with E-state index in [2.05, 4.69) is 6.92 Å². The Morgan fingerprint density at radius 3 is 2.26 bits per heavy atom. The van der Waals surface area contributed by atoms with Crippen LogP contribution in [0.25, 0.3) is 0 Å². The first-order chi connectivity index (χ1) is 13.0. The second kappa shape index (κ2) is 8.62. The molecule has 0 N–H and O–H groups in total. The number of esters is 1. The van der Waals surface area contributed by atoms with Crippen LogP contribution in [-0.2, 0) is 9.53 Å². The molecular formula is C22H23NO4. The molecule has 1 fully saturated rings. The SMILES string of the molecule is C[C@H]1CCCN(C(=O)COC(=O)c2ccc(C(=O)c3ccccc3)cc2)C1. The fourth-order valence-corrected chi connectivity index (χ4v) is 3.23. The molecule has 0 radical (unpaired) electrons. The van der Waals surface area contributed by atoms with Crippen LogP contribution in [0.15, 0.2) is 54.6 Å². The van der Waals surface area contributed by atoms with E-state index in [-0.39, 0.29) is 18.3 Å². The molecule has 0 unspecified atom stereocenters. The summed E-state index contributed by atoms with van der Waals surface area (Å²) in [6.07, 6.45) is 2.11. The van der Waals surface area contributed by atoms with Crippen LogP contribution >= 0.6 is 0 Å². The average Bonchev–Trinajstić information content (AvgIpc) is 2.72. The molecule has 1 atom stereocenters. The molecule has 3 rings (SSSR count). The number of piperidine rings is 1. The van der Waals surface area contributed by atoms with Crippen LogP contribution in [0.4, 0.5) is 0 Å². The summed E-state index contributed by atoms with van der Waals surface area (Å²) in [5, 5.41) is 0. The lowest BCUT2D eigenvalue weighted by Gasteiger charge is -2.30. The Bertz CT molecular complexity index is 814. The van der Waals surface area contributed by atoms with Crippen LogP contribution in [0.3, 0.4) is 0 Å². The van der Waals surface area contributed by atoms with Gasteiger partial charge in [-0.3, -0.25) is 9.59 Å². The predicted octanol–water partition coefficient (Wildman–Crippen LogP) is 3.33. The third-order valence-corrected chi connectivity index (χ3v) is 4.76. The largest absolute Gasteiger partial charge is 0.452 e. The summed E-state index contributed by atoms with van der Waals surface area (Å²) in [5.41, 5.74) is 1.41. The lowest BCUT2D eigenvalue weighted by Crippen LogP contribution is -2.41. The summed E-state index contributed by atoms with van der Waals surface area (Å²) in [7, 11) is 0. The van der Waals surface area contributed by atoms with Crippen LogP contribution in [0, 0.1) is 5.92 Å². The van der Waals surface area contributed by atoms with Gasteiger partial charge in [-0.15, -0.1) is 0 Å². The van der Waals surface area contributed by atoms with Crippen molar-refractivity contribution in [2.24, 2.45) is 5.92 Å². The normalized spacial score (nSPS) is 16.6. The molecule has 1 aliphatic heterocycles. The van der Waals surface area contributed by atoms with Crippen molar-refractivity contribution in [3.63, 3.8) is 0 Å². The number of nitrogens with zero attached hydrogens (tertiary/aromatic N) is 1. The first kappa shape index (κ1) is 18.8. The molecule has 1 amide bonds. The molecule has 140 valence electrons. The number of likely N-dealkylation sites (tertiary alicyclic amines) is 1. The van der Waals surface area contributed by atoms with Crippen LogP contribution in [0.1, 0.15) is 46.0 Å². The van der Waals surface area contributed by atoms with Crippen molar-refractivity contribution in [2.45, 2.75) is 19.8 Å². The van der Waals surface area contributed by atoms with Crippen molar-refractivity contribution in [1.29, 1.82) is 0 Å². The molecule has 5 nitrogen and oxygen atoms in total. The molecule has 0 bridgehead atoms. The fourth-order valence-electron chi connectivity index (χ4n) is 3.23. The number of ketones is 1. The maximum atomic E-state index is 12.4. The summed E-state index contributed by atoms with van der Waals surface area (Å²) in [6, 6.07) is 15.2. The standard InChI is InChI=1S/C22H23NO4/c1-16-6-5-13-23(14-16)20(24)15-27-22(26)19-11-9-18(10-12-19)21(25)17-7-3-2-4-8-17/h2-4,7-12,16H,5-6,13-15H2,1H3/t16-/m0/s1. The van der Waals surface area contributed by atoms with Gasteiger partial charge in [-0.25, -0.2) is 4.79 Å². The maximum Gasteiger partial charge on any atom is 0.338 e. The third-order valence-electron chi connectivity index (χ3n) is 4.76. The second-order valence-electron chi connectivity index (χ2n) is 6.94. The number of carbonyl (C=O) groups excluding carboxylic acids is 3. The van der Waals surface area contributed by atoms with Gasteiger partial charge in [0.05, 0.1) is 5.56 Å². The highest BCUT2D eigenvalue weighted by atomic mass is 16.5. The van der Waals surface area contributed by atoms with Crippen LogP contribution in [-0.4, -0.2) is 42.3 Å². The van der Waals surface area contributed by atoms with E-state index in [1.807, 2.05) is 6.07 Å². The molecule has 27 heavy (non-hydrogen) atoms. The molecule has 0 spiro atoms. The molecular weight excluding hydrogens is 342 g/mol. The summed E-state index contributed by atoms with van der Waals surface area (Å²) in [4.78, 5) is 38.5. The van der Waals surface area contributed by atoms with Crippen LogP contribution in [0.5, 0.6) is 0 Å². The van der Waals surface area contributed by atoms with Gasteiger partial charge in [-0.05, 0) is 30.9 Å². The first-order valence-electron chi connectivity index (χ1n) is 9.19. The van der Waals surface area contributed by atoms with Crippen molar-refractivity contribution in [2.75, 3.05) is 19.7 Å². The van der Waals surface area contributed by atoms with Gasteiger partial charge in [0.1, 0.15) is 0 Å². The Morgan fingerprint density at radius 2 is 1.59 bits per heavy atom. The van der Waals surface area contributed by atoms with Gasteiger partial charge in [0, 0.05) is 24.2 Å². The minimum absolute atomic E-state index is 0.107. The number of ether oxygens (including phenoxy) is 1. The van der Waals surface area contributed by atoms with Crippen molar-refractivity contribution in [1.82, 2.24) is 4.90 Å². The summed E-state index contributed by atoms with van der Waals surface area (Å²) >= 11 is 0. The predicted molar refractivity (Wildman–Crippen MR) is 102 cm³/mol. The minimum atomic E-state index is -0.563. The maximum absolute atomic E-state index is 12.4. The van der Waals surface area contributed by atoms with Crippen molar-refractivity contribution in [3.8, 4) is 0 Å². The Morgan fingerprint density at radius 1 is 0.963 bits per heavy atom. The Labute approximate surface area is 158 Å². The molecule has 0 aliphatic carbocycles. The molecule has 0 aromatic heterocycles. The molecule has 0 saturated carbocycles.